The number of nitrogens with one attached hydrogen (secondary N) is 2. The van der Waals surface area contributed by atoms with Gasteiger partial charge in [-0.2, -0.15) is 0 Å². The minimum absolute atomic E-state index is 0.194. The lowest BCUT2D eigenvalue weighted by Gasteiger charge is -2.26. The van der Waals surface area contributed by atoms with Crippen LogP contribution in [0.25, 0.3) is 0 Å². The molecule has 0 fully saturated rings. The van der Waals surface area contributed by atoms with Crippen molar-refractivity contribution in [2.75, 3.05) is 23.8 Å². The van der Waals surface area contributed by atoms with Crippen LogP contribution in [0.2, 0.25) is 0 Å². The van der Waals surface area contributed by atoms with Crippen LogP contribution in [0.15, 0.2) is 48.7 Å². The van der Waals surface area contributed by atoms with Gasteiger partial charge in [-0.3, -0.25) is 15.1 Å². The molecule has 2 aromatic heterocycles. The second-order valence-electron chi connectivity index (χ2n) is 6.59. The molecule has 0 radical (unpaired) electrons. The molecule has 0 atom stereocenters. The van der Waals surface area contributed by atoms with Gasteiger partial charge < -0.3 is 15.0 Å². The van der Waals surface area contributed by atoms with Gasteiger partial charge in [-0.15, -0.1) is 0 Å². The summed E-state index contributed by atoms with van der Waals surface area (Å²) >= 11 is 1.38. The van der Waals surface area contributed by atoms with Crippen molar-refractivity contribution < 1.29 is 14.3 Å². The number of hydrogen-bond acceptors (Lipinski definition) is 6. The minimum atomic E-state index is -0.302. The molecule has 0 saturated heterocycles. The zero-order valence-corrected chi connectivity index (χ0v) is 17.2. The van der Waals surface area contributed by atoms with E-state index in [0.29, 0.717) is 48.4 Å². The highest BCUT2D eigenvalue weighted by Crippen LogP contribution is 2.30. The van der Waals surface area contributed by atoms with Gasteiger partial charge in [0.1, 0.15) is 11.4 Å². The summed E-state index contributed by atoms with van der Waals surface area (Å²) in [6, 6.07) is 12.3. The number of thiazole rings is 1. The van der Waals surface area contributed by atoms with E-state index < -0.39 is 0 Å². The predicted molar refractivity (Wildman–Crippen MR) is 115 cm³/mol. The van der Waals surface area contributed by atoms with Crippen LogP contribution in [0.5, 0.6) is 5.75 Å². The Labute approximate surface area is 177 Å². The molecule has 8 nitrogen and oxygen atoms in total. The lowest BCUT2D eigenvalue weighted by atomic mass is 10.2. The van der Waals surface area contributed by atoms with E-state index in [1.165, 1.54) is 11.3 Å². The maximum atomic E-state index is 12.8. The van der Waals surface area contributed by atoms with Crippen LogP contribution in [0, 0.1) is 0 Å². The fraction of sp³-hybridized carbons (Fsp3) is 0.238. The zero-order chi connectivity index (χ0) is 20.9. The molecule has 2 N–H and O–H groups in total. The van der Waals surface area contributed by atoms with Gasteiger partial charge in [-0.25, -0.2) is 9.78 Å². The Morgan fingerprint density at radius 3 is 2.80 bits per heavy atom. The molecule has 4 rings (SSSR count). The monoisotopic (exact) mass is 423 g/mol. The average Bonchev–Trinajstić information content (AvgIpc) is 3.17. The molecule has 3 amide bonds. The molecule has 1 aliphatic heterocycles. The predicted octanol–water partition coefficient (Wildman–Crippen LogP) is 3.78. The lowest BCUT2D eigenvalue weighted by molar-refractivity contribution is 0.102. The molecule has 3 aromatic rings. The average molecular weight is 423 g/mol. The first-order valence-electron chi connectivity index (χ1n) is 9.62. The molecule has 30 heavy (non-hydrogen) atoms. The van der Waals surface area contributed by atoms with Crippen LogP contribution < -0.4 is 15.4 Å². The van der Waals surface area contributed by atoms with Crippen LogP contribution in [-0.4, -0.2) is 40.0 Å². The second-order valence-corrected chi connectivity index (χ2v) is 7.67. The number of carbonyl (C=O) groups excluding carboxylic acids is 2. The Morgan fingerprint density at radius 2 is 2.00 bits per heavy atom. The Hall–Kier alpha value is -3.46. The number of fused-ring (bicyclic) bond motifs is 1. The van der Waals surface area contributed by atoms with Crippen molar-refractivity contribution in [2.24, 2.45) is 0 Å². The summed E-state index contributed by atoms with van der Waals surface area (Å²) in [5.74, 6) is 0.340. The Bertz CT molecular complexity index is 1050. The standard InChI is InChI=1S/C21H21N5O3S/c1-2-29-17-9-4-3-7-14(17)24-21(28)26-12-10-15-18(13-26)30-20(23-15)25-19(27)16-8-5-6-11-22-16/h3-9,11H,2,10,12-13H2,1H3,(H,24,28)(H,23,25,27). The highest BCUT2D eigenvalue weighted by atomic mass is 32.1. The molecular weight excluding hydrogens is 402 g/mol. The summed E-state index contributed by atoms with van der Waals surface area (Å²) < 4.78 is 5.57. The summed E-state index contributed by atoms with van der Waals surface area (Å²) in [4.78, 5) is 36.3. The van der Waals surface area contributed by atoms with Gasteiger partial charge in [0.2, 0.25) is 0 Å². The van der Waals surface area contributed by atoms with Gasteiger partial charge in [0, 0.05) is 24.0 Å². The van der Waals surface area contributed by atoms with Crippen molar-refractivity contribution >= 4 is 34.1 Å². The van der Waals surface area contributed by atoms with Crippen molar-refractivity contribution in [2.45, 2.75) is 19.9 Å². The molecule has 1 aliphatic rings. The van der Waals surface area contributed by atoms with Gasteiger partial charge in [0.15, 0.2) is 5.13 Å². The molecule has 1 aromatic carbocycles. The van der Waals surface area contributed by atoms with Gasteiger partial charge in [-0.1, -0.05) is 29.5 Å². The van der Waals surface area contributed by atoms with Gasteiger partial charge in [0.05, 0.1) is 24.5 Å². The number of carbonyl (C=O) groups is 2. The first-order valence-corrected chi connectivity index (χ1v) is 10.4. The third kappa shape index (κ3) is 4.41. The maximum absolute atomic E-state index is 12.8. The Morgan fingerprint density at radius 1 is 1.17 bits per heavy atom. The molecule has 9 heteroatoms. The number of ether oxygens (including phenoxy) is 1. The van der Waals surface area contributed by atoms with Crippen molar-refractivity contribution in [1.82, 2.24) is 14.9 Å². The van der Waals surface area contributed by atoms with Crippen molar-refractivity contribution in [1.29, 1.82) is 0 Å². The number of para-hydroxylation sites is 2. The van der Waals surface area contributed by atoms with Crippen molar-refractivity contribution in [3.63, 3.8) is 0 Å². The second kappa shape index (κ2) is 8.91. The number of hydrogen-bond donors (Lipinski definition) is 2. The van der Waals surface area contributed by atoms with Crippen molar-refractivity contribution in [3.8, 4) is 5.75 Å². The molecular formula is C21H21N5O3S. The third-order valence-electron chi connectivity index (χ3n) is 4.56. The van der Waals surface area contributed by atoms with E-state index in [2.05, 4.69) is 20.6 Å². The fourth-order valence-corrected chi connectivity index (χ4v) is 4.14. The van der Waals surface area contributed by atoms with E-state index >= 15 is 0 Å². The lowest BCUT2D eigenvalue weighted by Crippen LogP contribution is -2.38. The van der Waals surface area contributed by atoms with Crippen LogP contribution in [0.3, 0.4) is 0 Å². The first-order chi connectivity index (χ1) is 14.6. The largest absolute Gasteiger partial charge is 0.492 e. The van der Waals surface area contributed by atoms with E-state index in [1.807, 2.05) is 31.2 Å². The quantitative estimate of drug-likeness (QED) is 0.651. The van der Waals surface area contributed by atoms with E-state index in [1.54, 1.807) is 29.3 Å². The Kier molecular flexibility index (Phi) is 5.89. The molecule has 3 heterocycles. The van der Waals surface area contributed by atoms with Crippen LogP contribution in [-0.2, 0) is 13.0 Å². The highest BCUT2D eigenvalue weighted by molar-refractivity contribution is 7.15. The molecule has 154 valence electrons. The summed E-state index contributed by atoms with van der Waals surface area (Å²) in [6.45, 7) is 3.41. The first kappa shape index (κ1) is 19.8. The number of benzene rings is 1. The summed E-state index contributed by atoms with van der Waals surface area (Å²) in [5.41, 5.74) is 1.89. The number of rotatable bonds is 5. The highest BCUT2D eigenvalue weighted by Gasteiger charge is 2.25. The number of amides is 3. The van der Waals surface area contributed by atoms with E-state index in [4.69, 9.17) is 4.74 Å². The molecule has 0 unspecified atom stereocenters. The number of nitrogens with zero attached hydrogens (tertiary/aromatic N) is 3. The Balaban J connectivity index is 1.41. The fourth-order valence-electron chi connectivity index (χ4n) is 3.13. The van der Waals surface area contributed by atoms with Crippen LogP contribution >= 0.6 is 11.3 Å². The van der Waals surface area contributed by atoms with Gasteiger partial charge in [-0.05, 0) is 31.2 Å². The number of anilines is 2. The normalized spacial score (nSPS) is 12.8. The minimum Gasteiger partial charge on any atom is -0.492 e. The summed E-state index contributed by atoms with van der Waals surface area (Å²) in [5, 5.41) is 6.23. The molecule has 0 spiro atoms. The topological polar surface area (TPSA) is 96.5 Å². The van der Waals surface area contributed by atoms with Gasteiger partial charge in [0.25, 0.3) is 5.91 Å². The zero-order valence-electron chi connectivity index (χ0n) is 16.4. The third-order valence-corrected chi connectivity index (χ3v) is 5.56. The van der Waals surface area contributed by atoms with Crippen molar-refractivity contribution in [3.05, 3.63) is 64.9 Å². The number of aromatic nitrogens is 2. The maximum Gasteiger partial charge on any atom is 0.322 e. The van der Waals surface area contributed by atoms with E-state index in [9.17, 15) is 9.59 Å². The van der Waals surface area contributed by atoms with Gasteiger partial charge >= 0.3 is 6.03 Å². The molecule has 0 aliphatic carbocycles. The van der Waals surface area contributed by atoms with Crippen LogP contribution in [0.4, 0.5) is 15.6 Å². The van der Waals surface area contributed by atoms with Crippen LogP contribution in [0.1, 0.15) is 28.0 Å². The molecule has 0 bridgehead atoms. The smallest absolute Gasteiger partial charge is 0.322 e. The number of urea groups is 1. The summed E-state index contributed by atoms with van der Waals surface area (Å²) in [7, 11) is 0. The number of pyridine rings is 1. The SMILES string of the molecule is CCOc1ccccc1NC(=O)N1CCc2nc(NC(=O)c3ccccn3)sc2C1. The van der Waals surface area contributed by atoms with E-state index in [-0.39, 0.29) is 11.9 Å². The summed E-state index contributed by atoms with van der Waals surface area (Å²) in [6.07, 6.45) is 2.20. The van der Waals surface area contributed by atoms with E-state index in [0.717, 1.165) is 10.6 Å². The molecule has 0 saturated carbocycles.